The van der Waals surface area contributed by atoms with Crippen LogP contribution < -0.4 is 5.32 Å². The third-order valence-corrected chi connectivity index (χ3v) is 5.12. The van der Waals surface area contributed by atoms with Gasteiger partial charge in [0.2, 0.25) is 0 Å². The average Bonchev–Trinajstić information content (AvgIpc) is 3.15. The summed E-state index contributed by atoms with van der Waals surface area (Å²) >= 11 is 12.6. The second-order valence-electron chi connectivity index (χ2n) is 6.34. The predicted octanol–water partition coefficient (Wildman–Crippen LogP) is 4.95. The molecule has 1 nitrogen and oxygen atoms in total. The maximum Gasteiger partial charge on any atom is 0.0453 e. The molecule has 0 radical (unpaired) electrons. The van der Waals surface area contributed by atoms with E-state index in [-0.39, 0.29) is 5.41 Å². The van der Waals surface area contributed by atoms with Gasteiger partial charge in [0, 0.05) is 22.6 Å². The topological polar surface area (TPSA) is 12.0 Å². The van der Waals surface area contributed by atoms with Crippen LogP contribution in [-0.4, -0.2) is 12.6 Å². The van der Waals surface area contributed by atoms with Crippen molar-refractivity contribution in [1.29, 1.82) is 0 Å². The van der Waals surface area contributed by atoms with Crippen molar-refractivity contribution in [1.82, 2.24) is 5.32 Å². The summed E-state index contributed by atoms with van der Waals surface area (Å²) < 4.78 is 0. The van der Waals surface area contributed by atoms with Crippen LogP contribution in [-0.2, 0) is 6.42 Å². The lowest BCUT2D eigenvalue weighted by molar-refractivity contribution is 0.206. The van der Waals surface area contributed by atoms with E-state index in [1.165, 1.54) is 12.8 Å². The van der Waals surface area contributed by atoms with Gasteiger partial charge in [-0.05, 0) is 48.3 Å². The summed E-state index contributed by atoms with van der Waals surface area (Å²) in [6.07, 6.45) is 3.56. The zero-order chi connectivity index (χ0) is 14.0. The van der Waals surface area contributed by atoms with E-state index in [4.69, 9.17) is 23.2 Å². The van der Waals surface area contributed by atoms with E-state index in [9.17, 15) is 0 Å². The van der Waals surface area contributed by atoms with Gasteiger partial charge in [-0.3, -0.25) is 0 Å². The first-order chi connectivity index (χ1) is 8.92. The molecule has 2 rings (SSSR count). The first-order valence-electron chi connectivity index (χ1n) is 7.08. The second kappa shape index (κ2) is 6.03. The largest absolute Gasteiger partial charge is 0.313 e. The normalized spacial score (nSPS) is 18.6. The minimum atomic E-state index is 0.178. The number of hydrogen-bond donors (Lipinski definition) is 1. The molecule has 3 heteroatoms. The lowest BCUT2D eigenvalue weighted by Crippen LogP contribution is -2.39. The first-order valence-corrected chi connectivity index (χ1v) is 7.84. The highest BCUT2D eigenvalue weighted by Crippen LogP contribution is 2.36. The molecule has 0 aliphatic heterocycles. The van der Waals surface area contributed by atoms with E-state index in [0.717, 1.165) is 34.6 Å². The summed E-state index contributed by atoms with van der Waals surface area (Å²) in [5.74, 6) is 0.575. The Labute approximate surface area is 126 Å². The van der Waals surface area contributed by atoms with Gasteiger partial charge in [-0.25, -0.2) is 0 Å². The molecule has 1 N–H and O–H groups in total. The lowest BCUT2D eigenvalue weighted by atomic mass is 9.74. The van der Waals surface area contributed by atoms with Crippen LogP contribution in [0.3, 0.4) is 0 Å². The average molecular weight is 300 g/mol. The maximum atomic E-state index is 6.31. The second-order valence-corrected chi connectivity index (χ2v) is 7.16. The number of hydrogen-bond acceptors (Lipinski definition) is 1. The Morgan fingerprint density at radius 1 is 1.26 bits per heavy atom. The molecule has 1 saturated carbocycles. The van der Waals surface area contributed by atoms with Gasteiger partial charge >= 0.3 is 0 Å². The Balaban J connectivity index is 2.14. The molecule has 0 saturated heterocycles. The molecular formula is C16H23Cl2N. The Bertz CT molecular complexity index is 420. The fraction of sp³-hybridized carbons (Fsp3) is 0.625. The summed E-state index contributed by atoms with van der Waals surface area (Å²) in [5.41, 5.74) is 1.26. The van der Waals surface area contributed by atoms with Crippen LogP contribution in [0.5, 0.6) is 0 Å². The predicted molar refractivity (Wildman–Crippen MR) is 84.1 cm³/mol. The summed E-state index contributed by atoms with van der Waals surface area (Å²) in [7, 11) is 0. The monoisotopic (exact) mass is 299 g/mol. The van der Waals surface area contributed by atoms with Crippen LogP contribution in [0.2, 0.25) is 10.0 Å². The SMILES string of the molecule is CC(C)C(C)(CNC1CC1)Cc1c(Cl)cccc1Cl. The van der Waals surface area contributed by atoms with Crippen LogP contribution in [0.1, 0.15) is 39.2 Å². The van der Waals surface area contributed by atoms with E-state index >= 15 is 0 Å². The summed E-state index contributed by atoms with van der Waals surface area (Å²) in [5, 5.41) is 5.22. The van der Waals surface area contributed by atoms with Crippen molar-refractivity contribution in [2.24, 2.45) is 11.3 Å². The van der Waals surface area contributed by atoms with Gasteiger partial charge in [0.25, 0.3) is 0 Å². The molecule has 1 aliphatic rings. The molecule has 1 aromatic rings. The molecule has 0 spiro atoms. The molecule has 1 aliphatic carbocycles. The molecule has 0 aromatic heterocycles. The molecule has 1 atom stereocenters. The number of halogens is 2. The van der Waals surface area contributed by atoms with Gasteiger partial charge in [0.05, 0.1) is 0 Å². The van der Waals surface area contributed by atoms with E-state index in [0.29, 0.717) is 5.92 Å². The molecule has 0 bridgehead atoms. The van der Waals surface area contributed by atoms with E-state index in [1.54, 1.807) is 0 Å². The van der Waals surface area contributed by atoms with Crippen molar-refractivity contribution >= 4 is 23.2 Å². The van der Waals surface area contributed by atoms with Gasteiger partial charge < -0.3 is 5.32 Å². The maximum absolute atomic E-state index is 6.31. The molecule has 1 fully saturated rings. The van der Waals surface area contributed by atoms with Crippen LogP contribution in [0.4, 0.5) is 0 Å². The molecule has 106 valence electrons. The smallest absolute Gasteiger partial charge is 0.0453 e. The summed E-state index contributed by atoms with van der Waals surface area (Å²) in [6.45, 7) is 7.91. The Morgan fingerprint density at radius 3 is 2.32 bits per heavy atom. The van der Waals surface area contributed by atoms with Crippen molar-refractivity contribution in [3.8, 4) is 0 Å². The van der Waals surface area contributed by atoms with Crippen molar-refractivity contribution in [2.45, 2.75) is 46.1 Å². The first kappa shape index (κ1) is 15.2. The highest BCUT2D eigenvalue weighted by Gasteiger charge is 2.32. The minimum absolute atomic E-state index is 0.178. The number of rotatable bonds is 6. The molecule has 0 heterocycles. The van der Waals surface area contributed by atoms with Crippen LogP contribution >= 0.6 is 23.2 Å². The van der Waals surface area contributed by atoms with Gasteiger partial charge in [-0.2, -0.15) is 0 Å². The molecule has 0 amide bonds. The van der Waals surface area contributed by atoms with E-state index < -0.39 is 0 Å². The standard InChI is InChI=1S/C16H23Cl2N/c1-11(2)16(3,10-19-12-7-8-12)9-13-14(17)5-4-6-15(13)18/h4-6,11-12,19H,7-10H2,1-3H3. The highest BCUT2D eigenvalue weighted by molar-refractivity contribution is 6.36. The van der Waals surface area contributed by atoms with Gasteiger partial charge in [0.15, 0.2) is 0 Å². The van der Waals surface area contributed by atoms with Crippen LogP contribution in [0.25, 0.3) is 0 Å². The van der Waals surface area contributed by atoms with Gasteiger partial charge in [0.1, 0.15) is 0 Å². The fourth-order valence-electron chi connectivity index (χ4n) is 2.24. The summed E-state index contributed by atoms with van der Waals surface area (Å²) in [6, 6.07) is 6.50. The molecule has 19 heavy (non-hydrogen) atoms. The third kappa shape index (κ3) is 3.87. The zero-order valence-electron chi connectivity index (χ0n) is 12.0. The fourth-order valence-corrected chi connectivity index (χ4v) is 2.77. The zero-order valence-corrected chi connectivity index (χ0v) is 13.5. The Morgan fingerprint density at radius 2 is 1.84 bits per heavy atom. The van der Waals surface area contributed by atoms with Crippen LogP contribution in [0, 0.1) is 11.3 Å². The van der Waals surface area contributed by atoms with E-state index in [2.05, 4.69) is 26.1 Å². The van der Waals surface area contributed by atoms with Crippen molar-refractivity contribution in [3.63, 3.8) is 0 Å². The van der Waals surface area contributed by atoms with Crippen molar-refractivity contribution < 1.29 is 0 Å². The van der Waals surface area contributed by atoms with E-state index in [1.807, 2.05) is 18.2 Å². The quantitative estimate of drug-likeness (QED) is 0.783. The number of benzene rings is 1. The highest BCUT2D eigenvalue weighted by atomic mass is 35.5. The van der Waals surface area contributed by atoms with Gasteiger partial charge in [-0.1, -0.05) is 50.0 Å². The Hall–Kier alpha value is -0.240. The van der Waals surface area contributed by atoms with Crippen molar-refractivity contribution in [2.75, 3.05) is 6.54 Å². The molecule has 1 unspecified atom stereocenters. The molecule has 1 aromatic carbocycles. The summed E-state index contributed by atoms with van der Waals surface area (Å²) in [4.78, 5) is 0. The lowest BCUT2D eigenvalue weighted by Gasteiger charge is -2.35. The van der Waals surface area contributed by atoms with Gasteiger partial charge in [-0.15, -0.1) is 0 Å². The third-order valence-electron chi connectivity index (χ3n) is 4.41. The Kier molecular flexibility index (Phi) is 4.81. The van der Waals surface area contributed by atoms with Crippen LogP contribution in [0.15, 0.2) is 18.2 Å². The number of nitrogens with one attached hydrogen (secondary N) is 1. The molecular weight excluding hydrogens is 277 g/mol. The van der Waals surface area contributed by atoms with Crippen molar-refractivity contribution in [3.05, 3.63) is 33.8 Å². The minimum Gasteiger partial charge on any atom is -0.313 e.